The number of Topliss-reactive ketones (excluding diaryl/α,β-unsaturated/α-hetero) is 1. The molecule has 0 bridgehead atoms. The van der Waals surface area contributed by atoms with Gasteiger partial charge in [0.15, 0.2) is 5.78 Å². The van der Waals surface area contributed by atoms with Crippen LogP contribution in [0.3, 0.4) is 0 Å². The van der Waals surface area contributed by atoms with Gasteiger partial charge in [-0.3, -0.25) is 9.69 Å². The molecule has 0 radical (unpaired) electrons. The molecule has 0 aromatic rings. The molecule has 2 heteroatoms. The number of ketones is 1. The first-order valence-corrected chi connectivity index (χ1v) is 5.09. The minimum absolute atomic E-state index is 0.220. The van der Waals surface area contributed by atoms with Gasteiger partial charge in [-0.1, -0.05) is 13.8 Å². The summed E-state index contributed by atoms with van der Waals surface area (Å²) in [5.41, 5.74) is -0.323. The second-order valence-electron chi connectivity index (χ2n) is 4.33. The highest BCUT2D eigenvalue weighted by Gasteiger charge is 2.33. The summed E-state index contributed by atoms with van der Waals surface area (Å²) in [5.74, 6) is 0.583. The van der Waals surface area contributed by atoms with Gasteiger partial charge in [-0.05, 0) is 40.8 Å². The van der Waals surface area contributed by atoms with Crippen molar-refractivity contribution in [2.75, 3.05) is 14.1 Å². The third-order valence-electron chi connectivity index (χ3n) is 3.08. The van der Waals surface area contributed by atoms with Crippen molar-refractivity contribution in [1.82, 2.24) is 4.90 Å². The second-order valence-corrected chi connectivity index (χ2v) is 4.33. The zero-order valence-corrected chi connectivity index (χ0v) is 9.85. The fourth-order valence-corrected chi connectivity index (χ4v) is 1.38. The van der Waals surface area contributed by atoms with Gasteiger partial charge in [0.1, 0.15) is 0 Å². The minimum atomic E-state index is -0.323. The molecular weight excluding hydrogens is 162 g/mol. The van der Waals surface area contributed by atoms with Crippen molar-refractivity contribution < 1.29 is 4.79 Å². The molecule has 0 aliphatic heterocycles. The van der Waals surface area contributed by atoms with E-state index in [1.807, 2.05) is 32.8 Å². The first kappa shape index (κ1) is 12.6. The molecule has 0 heterocycles. The SMILES string of the molecule is CCC(CC)C(=O)C(C)(C)N(C)C. The molecule has 0 spiro atoms. The lowest BCUT2D eigenvalue weighted by molar-refractivity contribution is -0.132. The van der Waals surface area contributed by atoms with Crippen molar-refractivity contribution in [3.05, 3.63) is 0 Å². The molecule has 13 heavy (non-hydrogen) atoms. The van der Waals surface area contributed by atoms with E-state index in [0.717, 1.165) is 12.8 Å². The van der Waals surface area contributed by atoms with Gasteiger partial charge in [-0.2, -0.15) is 0 Å². The van der Waals surface area contributed by atoms with Gasteiger partial charge in [0.25, 0.3) is 0 Å². The molecule has 78 valence electrons. The average Bonchev–Trinajstić information content (AvgIpc) is 2.06. The Kier molecular flexibility index (Phi) is 4.62. The quantitative estimate of drug-likeness (QED) is 0.655. The Morgan fingerprint density at radius 3 is 1.85 bits per heavy atom. The van der Waals surface area contributed by atoms with Crippen LogP contribution in [-0.4, -0.2) is 30.3 Å². The van der Waals surface area contributed by atoms with Crippen molar-refractivity contribution in [3.8, 4) is 0 Å². The summed E-state index contributed by atoms with van der Waals surface area (Å²) < 4.78 is 0. The van der Waals surface area contributed by atoms with E-state index in [1.54, 1.807) is 0 Å². The highest BCUT2D eigenvalue weighted by Crippen LogP contribution is 2.21. The van der Waals surface area contributed by atoms with Crippen molar-refractivity contribution in [2.45, 2.75) is 46.1 Å². The van der Waals surface area contributed by atoms with E-state index >= 15 is 0 Å². The van der Waals surface area contributed by atoms with E-state index in [0.29, 0.717) is 5.78 Å². The normalized spacial score (nSPS) is 12.6. The minimum Gasteiger partial charge on any atom is -0.298 e. The van der Waals surface area contributed by atoms with E-state index in [2.05, 4.69) is 13.8 Å². The van der Waals surface area contributed by atoms with Crippen LogP contribution < -0.4 is 0 Å². The Morgan fingerprint density at radius 2 is 1.62 bits per heavy atom. The summed E-state index contributed by atoms with van der Waals surface area (Å²) in [4.78, 5) is 14.0. The summed E-state index contributed by atoms with van der Waals surface area (Å²) in [6.45, 7) is 8.15. The smallest absolute Gasteiger partial charge is 0.155 e. The van der Waals surface area contributed by atoms with Gasteiger partial charge in [0.05, 0.1) is 5.54 Å². The fraction of sp³-hybridized carbons (Fsp3) is 0.909. The predicted octanol–water partition coefficient (Wildman–Crippen LogP) is 2.33. The summed E-state index contributed by atoms with van der Waals surface area (Å²) >= 11 is 0. The average molecular weight is 185 g/mol. The number of nitrogens with zero attached hydrogens (tertiary/aromatic N) is 1. The van der Waals surface area contributed by atoms with Crippen LogP contribution >= 0.6 is 0 Å². The molecule has 2 nitrogen and oxygen atoms in total. The van der Waals surface area contributed by atoms with Gasteiger partial charge in [0.2, 0.25) is 0 Å². The van der Waals surface area contributed by atoms with Crippen LogP contribution in [0.15, 0.2) is 0 Å². The highest BCUT2D eigenvalue weighted by atomic mass is 16.1. The highest BCUT2D eigenvalue weighted by molar-refractivity contribution is 5.89. The maximum Gasteiger partial charge on any atom is 0.155 e. The maximum absolute atomic E-state index is 12.0. The monoisotopic (exact) mass is 185 g/mol. The van der Waals surface area contributed by atoms with E-state index < -0.39 is 0 Å². The van der Waals surface area contributed by atoms with Crippen LogP contribution in [0, 0.1) is 5.92 Å². The van der Waals surface area contributed by atoms with Crippen LogP contribution in [0.1, 0.15) is 40.5 Å². The Hall–Kier alpha value is -0.370. The van der Waals surface area contributed by atoms with E-state index in [-0.39, 0.29) is 11.5 Å². The fourth-order valence-electron chi connectivity index (χ4n) is 1.38. The Labute approximate surface area is 82.3 Å². The van der Waals surface area contributed by atoms with Crippen molar-refractivity contribution in [2.24, 2.45) is 5.92 Å². The van der Waals surface area contributed by atoms with Crippen LogP contribution in [0.2, 0.25) is 0 Å². The summed E-state index contributed by atoms with van der Waals surface area (Å²) in [5, 5.41) is 0. The summed E-state index contributed by atoms with van der Waals surface area (Å²) in [6, 6.07) is 0. The second kappa shape index (κ2) is 4.75. The van der Waals surface area contributed by atoms with Gasteiger partial charge in [-0.15, -0.1) is 0 Å². The van der Waals surface area contributed by atoms with Crippen LogP contribution in [0.4, 0.5) is 0 Å². The number of hydrogen-bond acceptors (Lipinski definition) is 2. The molecular formula is C11H23NO. The summed E-state index contributed by atoms with van der Waals surface area (Å²) in [6.07, 6.45) is 1.90. The zero-order chi connectivity index (χ0) is 10.6. The van der Waals surface area contributed by atoms with E-state index in [9.17, 15) is 4.79 Å². The number of carbonyl (C=O) groups excluding carboxylic acids is 1. The Morgan fingerprint density at radius 1 is 1.23 bits per heavy atom. The topological polar surface area (TPSA) is 20.3 Å². The number of rotatable bonds is 5. The van der Waals surface area contributed by atoms with Crippen LogP contribution in [0.25, 0.3) is 0 Å². The third-order valence-corrected chi connectivity index (χ3v) is 3.08. The molecule has 0 saturated heterocycles. The van der Waals surface area contributed by atoms with Gasteiger partial charge in [-0.25, -0.2) is 0 Å². The van der Waals surface area contributed by atoms with Gasteiger partial charge >= 0.3 is 0 Å². The van der Waals surface area contributed by atoms with Crippen LogP contribution in [-0.2, 0) is 4.79 Å². The largest absolute Gasteiger partial charge is 0.298 e. The van der Waals surface area contributed by atoms with E-state index in [1.165, 1.54) is 0 Å². The van der Waals surface area contributed by atoms with Gasteiger partial charge < -0.3 is 0 Å². The number of hydrogen-bond donors (Lipinski definition) is 0. The molecule has 0 amide bonds. The first-order valence-electron chi connectivity index (χ1n) is 5.09. The van der Waals surface area contributed by atoms with E-state index in [4.69, 9.17) is 0 Å². The Bertz CT molecular complexity index is 169. The molecule has 0 aromatic carbocycles. The predicted molar refractivity (Wildman–Crippen MR) is 56.8 cm³/mol. The summed E-state index contributed by atoms with van der Waals surface area (Å²) in [7, 11) is 3.92. The number of likely N-dealkylation sites (N-methyl/N-ethyl adjacent to an activating group) is 1. The molecule has 0 rings (SSSR count). The van der Waals surface area contributed by atoms with Crippen molar-refractivity contribution in [3.63, 3.8) is 0 Å². The molecule has 0 N–H and O–H groups in total. The lowest BCUT2D eigenvalue weighted by Crippen LogP contribution is -2.48. The lowest BCUT2D eigenvalue weighted by atomic mass is 9.85. The standard InChI is InChI=1S/C11H23NO/c1-7-9(8-2)10(13)11(3,4)12(5)6/h9H,7-8H2,1-6H3. The lowest BCUT2D eigenvalue weighted by Gasteiger charge is -2.33. The number of carbonyl (C=O) groups is 1. The maximum atomic E-state index is 12.0. The van der Waals surface area contributed by atoms with Gasteiger partial charge in [0, 0.05) is 5.92 Å². The molecule has 0 saturated carbocycles. The molecule has 0 unspecified atom stereocenters. The molecule has 0 fully saturated rings. The third kappa shape index (κ3) is 2.80. The Balaban J connectivity index is 4.56. The van der Waals surface area contributed by atoms with Crippen molar-refractivity contribution >= 4 is 5.78 Å². The molecule has 0 atom stereocenters. The molecule has 0 aliphatic rings. The molecule has 0 aromatic heterocycles. The first-order chi connectivity index (χ1) is 5.87. The van der Waals surface area contributed by atoms with Crippen LogP contribution in [0.5, 0.6) is 0 Å². The molecule has 0 aliphatic carbocycles. The van der Waals surface area contributed by atoms with Crippen molar-refractivity contribution in [1.29, 1.82) is 0 Å². The zero-order valence-electron chi connectivity index (χ0n) is 9.85.